The fraction of sp³-hybridized carbons (Fsp3) is 0.611. The second-order valence-corrected chi connectivity index (χ2v) is 6.59. The van der Waals surface area contributed by atoms with Crippen LogP contribution in [0.4, 0.5) is 0 Å². The van der Waals surface area contributed by atoms with E-state index in [-0.39, 0.29) is 30.7 Å². The van der Waals surface area contributed by atoms with Crippen LogP contribution < -0.4 is 11.1 Å². The monoisotopic (exact) mass is 391 g/mol. The van der Waals surface area contributed by atoms with Gasteiger partial charge in [-0.25, -0.2) is 0 Å². The van der Waals surface area contributed by atoms with Crippen LogP contribution in [-0.2, 0) is 9.53 Å². The zero-order valence-electron chi connectivity index (χ0n) is 15.2. The Kier molecular flexibility index (Phi) is 11.3. The van der Waals surface area contributed by atoms with Crippen molar-refractivity contribution in [2.45, 2.75) is 32.9 Å². The van der Waals surface area contributed by atoms with E-state index < -0.39 is 6.04 Å². The number of hydrogen-bond acceptors (Lipinski definition) is 4. The van der Waals surface area contributed by atoms with Crippen molar-refractivity contribution in [3.63, 3.8) is 0 Å². The largest absolute Gasteiger partial charge is 0.379 e. The van der Waals surface area contributed by atoms with Crippen molar-refractivity contribution in [1.82, 2.24) is 10.2 Å². The molecule has 1 aromatic rings. The first-order valence-corrected chi connectivity index (χ1v) is 8.40. The number of rotatable bonds is 6. The number of amides is 1. The average molecular weight is 392 g/mol. The zero-order chi connectivity index (χ0) is 16.8. The Morgan fingerprint density at radius 3 is 2.28 bits per heavy atom. The molecule has 1 aliphatic rings. The highest BCUT2D eigenvalue weighted by molar-refractivity contribution is 5.85. The van der Waals surface area contributed by atoms with Crippen molar-refractivity contribution in [2.24, 2.45) is 11.7 Å². The first kappa shape index (κ1) is 24.1. The van der Waals surface area contributed by atoms with E-state index in [0.717, 1.165) is 37.4 Å². The van der Waals surface area contributed by atoms with Gasteiger partial charge in [-0.2, -0.15) is 0 Å². The highest BCUT2D eigenvalue weighted by Crippen LogP contribution is 2.14. The lowest BCUT2D eigenvalue weighted by Crippen LogP contribution is -2.52. The Morgan fingerprint density at radius 1 is 1.20 bits per heavy atom. The molecule has 2 atom stereocenters. The lowest BCUT2D eigenvalue weighted by molar-refractivity contribution is -0.122. The lowest BCUT2D eigenvalue weighted by Gasteiger charge is -2.37. The van der Waals surface area contributed by atoms with Gasteiger partial charge in [0.2, 0.25) is 5.91 Å². The second kappa shape index (κ2) is 11.7. The molecule has 0 saturated carbocycles. The Balaban J connectivity index is 0.00000288. The molecule has 0 radical (unpaired) electrons. The van der Waals surface area contributed by atoms with Crippen LogP contribution in [-0.4, -0.2) is 49.7 Å². The number of aryl methyl sites for hydroxylation is 1. The third-order valence-corrected chi connectivity index (χ3v) is 4.49. The van der Waals surface area contributed by atoms with E-state index in [0.29, 0.717) is 18.5 Å². The lowest BCUT2D eigenvalue weighted by atomic mass is 10.0. The number of carbonyl (C=O) groups excluding carboxylic acids is 1. The zero-order valence-corrected chi connectivity index (χ0v) is 16.9. The molecule has 1 saturated heterocycles. The number of ether oxygens (including phenoxy) is 1. The SMILES string of the molecule is Cc1ccc(C(N)C(=O)NCC(C(C)C)N2CCOCC2)cc1.Cl.Cl. The Morgan fingerprint density at radius 2 is 1.76 bits per heavy atom. The standard InChI is InChI=1S/C18H29N3O2.2ClH/c1-13(2)16(21-8-10-23-11-9-21)12-20-18(22)17(19)15-6-4-14(3)5-7-15;;/h4-7,13,16-17H,8-12,19H2,1-3H3,(H,20,22);2*1H. The topological polar surface area (TPSA) is 67.6 Å². The van der Waals surface area contributed by atoms with Gasteiger partial charge in [0, 0.05) is 25.7 Å². The normalized spacial score (nSPS) is 17.2. The van der Waals surface area contributed by atoms with Crippen LogP contribution in [0.25, 0.3) is 0 Å². The van der Waals surface area contributed by atoms with Gasteiger partial charge in [0.1, 0.15) is 6.04 Å². The van der Waals surface area contributed by atoms with Crippen LogP contribution >= 0.6 is 24.8 Å². The number of hydrogen-bond donors (Lipinski definition) is 2. The minimum absolute atomic E-state index is 0. The maximum absolute atomic E-state index is 12.4. The van der Waals surface area contributed by atoms with Crippen LogP contribution in [0.15, 0.2) is 24.3 Å². The predicted octanol–water partition coefficient (Wildman–Crippen LogP) is 2.31. The number of carbonyl (C=O) groups is 1. The molecule has 0 aliphatic carbocycles. The van der Waals surface area contributed by atoms with E-state index in [1.165, 1.54) is 0 Å². The molecule has 2 unspecified atom stereocenters. The third-order valence-electron chi connectivity index (χ3n) is 4.49. The Bertz CT molecular complexity index is 506. The molecule has 5 nitrogen and oxygen atoms in total. The molecule has 0 bridgehead atoms. The maximum atomic E-state index is 12.4. The van der Waals surface area contributed by atoms with E-state index >= 15 is 0 Å². The summed E-state index contributed by atoms with van der Waals surface area (Å²) in [6.07, 6.45) is 0. The summed E-state index contributed by atoms with van der Waals surface area (Å²) in [5.74, 6) is 0.344. The van der Waals surface area contributed by atoms with Gasteiger partial charge >= 0.3 is 0 Å². The minimum Gasteiger partial charge on any atom is -0.379 e. The number of benzene rings is 1. The number of morpholine rings is 1. The summed E-state index contributed by atoms with van der Waals surface area (Å²) >= 11 is 0. The van der Waals surface area contributed by atoms with Crippen LogP contribution in [0, 0.1) is 12.8 Å². The van der Waals surface area contributed by atoms with Crippen molar-refractivity contribution >= 4 is 30.7 Å². The number of nitrogens with zero attached hydrogens (tertiary/aromatic N) is 1. The molecule has 0 aromatic heterocycles. The fourth-order valence-corrected chi connectivity index (χ4v) is 2.94. The van der Waals surface area contributed by atoms with Crippen molar-refractivity contribution in [3.05, 3.63) is 35.4 Å². The van der Waals surface area contributed by atoms with Gasteiger partial charge in [-0.05, 0) is 18.4 Å². The molecule has 1 aliphatic heterocycles. The van der Waals surface area contributed by atoms with Crippen LogP contribution in [0.1, 0.15) is 31.0 Å². The predicted molar refractivity (Wildman–Crippen MR) is 107 cm³/mol. The van der Waals surface area contributed by atoms with Crippen molar-refractivity contribution in [2.75, 3.05) is 32.8 Å². The molecule has 1 heterocycles. The number of nitrogens with one attached hydrogen (secondary N) is 1. The highest BCUT2D eigenvalue weighted by atomic mass is 35.5. The smallest absolute Gasteiger partial charge is 0.241 e. The number of halogens is 2. The molecule has 1 amide bonds. The molecule has 1 fully saturated rings. The van der Waals surface area contributed by atoms with Crippen LogP contribution in [0.5, 0.6) is 0 Å². The summed E-state index contributed by atoms with van der Waals surface area (Å²) in [4.78, 5) is 14.8. The fourth-order valence-electron chi connectivity index (χ4n) is 2.94. The van der Waals surface area contributed by atoms with Crippen molar-refractivity contribution in [1.29, 1.82) is 0 Å². The van der Waals surface area contributed by atoms with E-state index in [9.17, 15) is 4.79 Å². The first-order valence-electron chi connectivity index (χ1n) is 8.40. The summed E-state index contributed by atoms with van der Waals surface area (Å²) in [6, 6.07) is 7.49. The molecule has 144 valence electrons. The Labute approximate surface area is 163 Å². The van der Waals surface area contributed by atoms with Crippen molar-refractivity contribution in [3.8, 4) is 0 Å². The van der Waals surface area contributed by atoms with Crippen molar-refractivity contribution < 1.29 is 9.53 Å². The third kappa shape index (κ3) is 7.12. The molecule has 7 heteroatoms. The van der Waals surface area contributed by atoms with Gasteiger partial charge in [0.25, 0.3) is 0 Å². The summed E-state index contributed by atoms with van der Waals surface area (Å²) < 4.78 is 5.41. The maximum Gasteiger partial charge on any atom is 0.241 e. The quantitative estimate of drug-likeness (QED) is 0.780. The molecule has 2 rings (SSSR count). The summed E-state index contributed by atoms with van der Waals surface area (Å²) in [5.41, 5.74) is 8.09. The van der Waals surface area contributed by atoms with Gasteiger partial charge in [0.05, 0.1) is 13.2 Å². The van der Waals surface area contributed by atoms with Crippen LogP contribution in [0.2, 0.25) is 0 Å². The molecule has 0 spiro atoms. The van der Waals surface area contributed by atoms with Crippen LogP contribution in [0.3, 0.4) is 0 Å². The Hall–Kier alpha value is -0.850. The van der Waals surface area contributed by atoms with E-state index in [1.807, 2.05) is 31.2 Å². The summed E-state index contributed by atoms with van der Waals surface area (Å²) in [7, 11) is 0. The molecule has 3 N–H and O–H groups in total. The van der Waals surface area contributed by atoms with Gasteiger partial charge < -0.3 is 15.8 Å². The summed E-state index contributed by atoms with van der Waals surface area (Å²) in [6.45, 7) is 10.4. The molecule has 25 heavy (non-hydrogen) atoms. The number of nitrogens with two attached hydrogens (primary N) is 1. The average Bonchev–Trinajstić information content (AvgIpc) is 2.55. The first-order chi connectivity index (χ1) is 11.0. The molecular weight excluding hydrogens is 361 g/mol. The minimum atomic E-state index is -0.617. The highest BCUT2D eigenvalue weighted by Gasteiger charge is 2.25. The van der Waals surface area contributed by atoms with E-state index in [2.05, 4.69) is 24.1 Å². The van der Waals surface area contributed by atoms with Gasteiger partial charge in [-0.3, -0.25) is 9.69 Å². The molecule has 1 aromatic carbocycles. The molecular formula is C18H31Cl2N3O2. The van der Waals surface area contributed by atoms with Gasteiger partial charge in [0.15, 0.2) is 0 Å². The summed E-state index contributed by atoms with van der Waals surface area (Å²) in [5, 5.41) is 3.03. The van der Waals surface area contributed by atoms with Gasteiger partial charge in [-0.1, -0.05) is 43.7 Å². The van der Waals surface area contributed by atoms with Gasteiger partial charge in [-0.15, -0.1) is 24.8 Å². The second-order valence-electron chi connectivity index (χ2n) is 6.59. The van der Waals surface area contributed by atoms with E-state index in [4.69, 9.17) is 10.5 Å². The van der Waals surface area contributed by atoms with E-state index in [1.54, 1.807) is 0 Å².